The van der Waals surface area contributed by atoms with Crippen molar-refractivity contribution in [1.82, 2.24) is 10.3 Å². The van der Waals surface area contributed by atoms with Gasteiger partial charge in [0, 0.05) is 11.7 Å². The highest BCUT2D eigenvalue weighted by Crippen LogP contribution is 2.28. The number of nitrogens with two attached hydrogens (primary N) is 1. The molecule has 2 atom stereocenters. The monoisotopic (exact) mass is 297 g/mol. The largest absolute Gasteiger partial charge is 0.351 e. The molecule has 2 aromatic rings. The molecule has 1 heterocycles. The van der Waals surface area contributed by atoms with Crippen molar-refractivity contribution in [3.8, 4) is 11.3 Å². The van der Waals surface area contributed by atoms with Crippen molar-refractivity contribution >= 4 is 5.91 Å². The Hall–Kier alpha value is -2.07. The molecule has 0 saturated heterocycles. The zero-order valence-electron chi connectivity index (χ0n) is 12.7. The maximum absolute atomic E-state index is 12.3. The lowest BCUT2D eigenvalue weighted by molar-refractivity contribution is 0.0932. The van der Waals surface area contributed by atoms with Gasteiger partial charge in [0.15, 0.2) is 0 Å². The average Bonchev–Trinajstić information content (AvgIpc) is 3.18. The summed E-state index contributed by atoms with van der Waals surface area (Å²) in [6.07, 6.45) is 4.34. The summed E-state index contributed by atoms with van der Waals surface area (Å²) in [5.41, 5.74) is 8.30. The Kier molecular flexibility index (Phi) is 4.59. The molecule has 0 aliphatic heterocycles. The molecule has 1 fully saturated rings. The molecule has 0 spiro atoms. The van der Waals surface area contributed by atoms with Gasteiger partial charge in [0.05, 0.1) is 0 Å². The predicted molar refractivity (Wildman–Crippen MR) is 88.5 cm³/mol. The molecule has 4 heteroatoms. The molecule has 1 aliphatic carbocycles. The summed E-state index contributed by atoms with van der Waals surface area (Å²) >= 11 is 0. The van der Waals surface area contributed by atoms with Crippen LogP contribution in [0.1, 0.15) is 36.2 Å². The first kappa shape index (κ1) is 14.9. The standard InChI is InChI=1S/C18H23N3O/c19-11-10-13-6-7-15(12-13)20-18(22)17-9-8-16(21-17)14-4-2-1-3-5-14/h1-5,8-9,13,15,21H,6-7,10-12,19H2,(H,20,22). The van der Waals surface area contributed by atoms with E-state index in [-0.39, 0.29) is 11.9 Å². The maximum Gasteiger partial charge on any atom is 0.267 e. The van der Waals surface area contributed by atoms with Gasteiger partial charge in [-0.15, -0.1) is 0 Å². The molecule has 22 heavy (non-hydrogen) atoms. The van der Waals surface area contributed by atoms with Crippen molar-refractivity contribution in [3.05, 3.63) is 48.2 Å². The third-order valence-corrected chi connectivity index (χ3v) is 4.47. The topological polar surface area (TPSA) is 70.9 Å². The van der Waals surface area contributed by atoms with Gasteiger partial charge in [-0.1, -0.05) is 30.3 Å². The molecule has 2 unspecified atom stereocenters. The Bertz CT molecular complexity index is 620. The van der Waals surface area contributed by atoms with Crippen LogP contribution in [0.2, 0.25) is 0 Å². The number of carbonyl (C=O) groups excluding carboxylic acids is 1. The van der Waals surface area contributed by atoms with E-state index in [9.17, 15) is 4.79 Å². The molecule has 1 aromatic carbocycles. The van der Waals surface area contributed by atoms with Gasteiger partial charge in [0.2, 0.25) is 0 Å². The molecule has 1 aliphatic rings. The zero-order valence-corrected chi connectivity index (χ0v) is 12.7. The van der Waals surface area contributed by atoms with Crippen molar-refractivity contribution in [2.24, 2.45) is 11.7 Å². The van der Waals surface area contributed by atoms with E-state index in [1.165, 1.54) is 6.42 Å². The molecule has 0 bridgehead atoms. The number of rotatable bonds is 5. The summed E-state index contributed by atoms with van der Waals surface area (Å²) in [7, 11) is 0. The number of benzene rings is 1. The SMILES string of the molecule is NCCC1CCC(NC(=O)c2ccc(-c3ccccc3)[nH]2)C1. The van der Waals surface area contributed by atoms with Crippen LogP contribution in [-0.2, 0) is 0 Å². The lowest BCUT2D eigenvalue weighted by Crippen LogP contribution is -2.33. The minimum atomic E-state index is -0.0134. The van der Waals surface area contributed by atoms with Crippen LogP contribution >= 0.6 is 0 Å². The van der Waals surface area contributed by atoms with Crippen molar-refractivity contribution in [1.29, 1.82) is 0 Å². The number of hydrogen-bond donors (Lipinski definition) is 3. The molecule has 4 N–H and O–H groups in total. The quantitative estimate of drug-likeness (QED) is 0.794. The van der Waals surface area contributed by atoms with E-state index in [1.54, 1.807) is 0 Å². The van der Waals surface area contributed by atoms with Crippen molar-refractivity contribution in [2.75, 3.05) is 6.54 Å². The third-order valence-electron chi connectivity index (χ3n) is 4.47. The first-order valence-electron chi connectivity index (χ1n) is 8.01. The Labute approximate surface area is 131 Å². The van der Waals surface area contributed by atoms with Crippen LogP contribution < -0.4 is 11.1 Å². The van der Waals surface area contributed by atoms with E-state index < -0.39 is 0 Å². The smallest absolute Gasteiger partial charge is 0.267 e. The van der Waals surface area contributed by atoms with Gasteiger partial charge in [-0.2, -0.15) is 0 Å². The fraction of sp³-hybridized carbons (Fsp3) is 0.389. The van der Waals surface area contributed by atoms with E-state index in [2.05, 4.69) is 10.3 Å². The van der Waals surface area contributed by atoms with E-state index in [0.717, 1.165) is 37.1 Å². The molecule has 116 valence electrons. The molecule has 1 saturated carbocycles. The number of amides is 1. The van der Waals surface area contributed by atoms with Crippen molar-refractivity contribution < 1.29 is 4.79 Å². The average molecular weight is 297 g/mol. The normalized spacial score (nSPS) is 21.0. The number of aromatic nitrogens is 1. The molecule has 1 amide bonds. The van der Waals surface area contributed by atoms with Gasteiger partial charge in [-0.3, -0.25) is 4.79 Å². The summed E-state index contributed by atoms with van der Waals surface area (Å²) in [5, 5.41) is 3.14. The number of aromatic amines is 1. The fourth-order valence-electron chi connectivity index (χ4n) is 3.28. The van der Waals surface area contributed by atoms with Crippen LogP contribution in [0, 0.1) is 5.92 Å². The van der Waals surface area contributed by atoms with E-state index in [0.29, 0.717) is 11.6 Å². The highest BCUT2D eigenvalue weighted by molar-refractivity contribution is 5.93. The molecule has 0 radical (unpaired) electrons. The van der Waals surface area contributed by atoms with E-state index in [1.807, 2.05) is 42.5 Å². The van der Waals surface area contributed by atoms with Crippen LogP contribution in [0.25, 0.3) is 11.3 Å². The molecule has 3 rings (SSSR count). The first-order valence-corrected chi connectivity index (χ1v) is 8.01. The number of carbonyl (C=O) groups is 1. The minimum absolute atomic E-state index is 0.0134. The van der Waals surface area contributed by atoms with Crippen LogP contribution in [0.3, 0.4) is 0 Å². The summed E-state index contributed by atoms with van der Waals surface area (Å²) in [6, 6.07) is 14.1. The van der Waals surface area contributed by atoms with Gasteiger partial charge in [-0.05, 0) is 55.8 Å². The molecule has 4 nitrogen and oxygen atoms in total. The lowest BCUT2D eigenvalue weighted by Gasteiger charge is -2.12. The molecular weight excluding hydrogens is 274 g/mol. The highest BCUT2D eigenvalue weighted by atomic mass is 16.1. The van der Waals surface area contributed by atoms with Gasteiger partial charge in [0.1, 0.15) is 5.69 Å². The predicted octanol–water partition coefficient (Wildman–Crippen LogP) is 2.93. The summed E-state index contributed by atoms with van der Waals surface area (Å²) in [5.74, 6) is 0.652. The van der Waals surface area contributed by atoms with Crippen LogP contribution in [0.15, 0.2) is 42.5 Å². The Morgan fingerprint density at radius 2 is 2.00 bits per heavy atom. The second kappa shape index (κ2) is 6.79. The minimum Gasteiger partial charge on any atom is -0.351 e. The highest BCUT2D eigenvalue weighted by Gasteiger charge is 2.25. The van der Waals surface area contributed by atoms with E-state index >= 15 is 0 Å². The number of nitrogens with one attached hydrogen (secondary N) is 2. The first-order chi connectivity index (χ1) is 10.8. The van der Waals surface area contributed by atoms with Gasteiger partial charge < -0.3 is 16.0 Å². The number of hydrogen-bond acceptors (Lipinski definition) is 2. The van der Waals surface area contributed by atoms with Crippen molar-refractivity contribution in [3.63, 3.8) is 0 Å². The van der Waals surface area contributed by atoms with Crippen LogP contribution in [-0.4, -0.2) is 23.5 Å². The Balaban J connectivity index is 1.61. The maximum atomic E-state index is 12.3. The van der Waals surface area contributed by atoms with Gasteiger partial charge >= 0.3 is 0 Å². The second-order valence-corrected chi connectivity index (χ2v) is 6.08. The zero-order chi connectivity index (χ0) is 15.4. The third kappa shape index (κ3) is 3.39. The summed E-state index contributed by atoms with van der Waals surface area (Å²) in [4.78, 5) is 15.6. The van der Waals surface area contributed by atoms with E-state index in [4.69, 9.17) is 5.73 Å². The molecular formula is C18H23N3O. The fourth-order valence-corrected chi connectivity index (χ4v) is 3.28. The van der Waals surface area contributed by atoms with Crippen molar-refractivity contribution in [2.45, 2.75) is 31.7 Å². The van der Waals surface area contributed by atoms with Gasteiger partial charge in [-0.25, -0.2) is 0 Å². The number of H-pyrrole nitrogens is 1. The van der Waals surface area contributed by atoms with Crippen LogP contribution in [0.4, 0.5) is 0 Å². The lowest BCUT2D eigenvalue weighted by atomic mass is 10.0. The molecule has 1 aromatic heterocycles. The summed E-state index contributed by atoms with van der Waals surface area (Å²) < 4.78 is 0. The Morgan fingerprint density at radius 3 is 2.77 bits per heavy atom. The Morgan fingerprint density at radius 1 is 1.18 bits per heavy atom. The second-order valence-electron chi connectivity index (χ2n) is 6.08. The summed E-state index contributed by atoms with van der Waals surface area (Å²) in [6.45, 7) is 0.738. The van der Waals surface area contributed by atoms with Gasteiger partial charge in [0.25, 0.3) is 5.91 Å². The van der Waals surface area contributed by atoms with Crippen LogP contribution in [0.5, 0.6) is 0 Å².